The maximum atomic E-state index is 9.66. The number of aromatic nitrogens is 4. The largest absolute Gasteiger partial charge is 0.508 e. The first-order valence-electron chi connectivity index (χ1n) is 6.73. The van der Waals surface area contributed by atoms with E-state index in [1.165, 1.54) is 0 Å². The quantitative estimate of drug-likeness (QED) is 0.529. The lowest BCUT2D eigenvalue weighted by atomic mass is 10.1. The van der Waals surface area contributed by atoms with Crippen molar-refractivity contribution in [1.29, 1.82) is 0 Å². The van der Waals surface area contributed by atoms with E-state index in [1.54, 1.807) is 28.9 Å². The lowest BCUT2D eigenvalue weighted by Gasteiger charge is -2.08. The highest BCUT2D eigenvalue weighted by Gasteiger charge is 2.11. The first kappa shape index (κ1) is 13.2. The number of aromatic hydroxyl groups is 1. The Morgan fingerprint density at radius 1 is 1.18 bits per heavy atom. The van der Waals surface area contributed by atoms with Crippen molar-refractivity contribution in [2.24, 2.45) is 0 Å². The number of rotatable bonds is 1. The third kappa shape index (κ3) is 2.03. The van der Waals surface area contributed by atoms with E-state index in [0.29, 0.717) is 4.60 Å². The Labute approximate surface area is 134 Å². The number of hydrogen-bond acceptors (Lipinski definition) is 4. The fourth-order valence-corrected chi connectivity index (χ4v) is 3.02. The minimum absolute atomic E-state index is 0.223. The molecule has 0 saturated heterocycles. The second kappa shape index (κ2) is 4.78. The number of nitrogens with zero attached hydrogens (tertiary/aromatic N) is 4. The predicted octanol–water partition coefficient (Wildman–Crippen LogP) is 3.72. The van der Waals surface area contributed by atoms with Gasteiger partial charge in [-0.15, -0.1) is 0 Å². The van der Waals surface area contributed by atoms with Crippen LogP contribution in [0.25, 0.3) is 27.8 Å². The van der Waals surface area contributed by atoms with Gasteiger partial charge in [0.2, 0.25) is 0 Å². The second-order valence-electron chi connectivity index (χ2n) is 5.10. The van der Waals surface area contributed by atoms with Crippen molar-refractivity contribution in [2.45, 2.75) is 6.92 Å². The zero-order valence-electron chi connectivity index (χ0n) is 11.7. The third-order valence-electron chi connectivity index (χ3n) is 3.49. The van der Waals surface area contributed by atoms with Gasteiger partial charge < -0.3 is 5.11 Å². The van der Waals surface area contributed by atoms with Gasteiger partial charge in [0.1, 0.15) is 10.4 Å². The van der Waals surface area contributed by atoms with Crippen LogP contribution in [0.4, 0.5) is 0 Å². The Bertz CT molecular complexity index is 1030. The molecule has 0 aliphatic carbocycles. The predicted molar refractivity (Wildman–Crippen MR) is 87.8 cm³/mol. The van der Waals surface area contributed by atoms with Crippen LogP contribution in [0.1, 0.15) is 5.69 Å². The topological polar surface area (TPSA) is 63.3 Å². The van der Waals surface area contributed by atoms with Crippen LogP contribution in [0, 0.1) is 6.92 Å². The molecule has 0 unspecified atom stereocenters. The highest BCUT2D eigenvalue weighted by atomic mass is 79.9. The van der Waals surface area contributed by atoms with Gasteiger partial charge >= 0.3 is 0 Å². The van der Waals surface area contributed by atoms with E-state index in [2.05, 4.69) is 31.0 Å². The lowest BCUT2D eigenvalue weighted by Crippen LogP contribution is -1.97. The molecule has 22 heavy (non-hydrogen) atoms. The molecule has 3 heterocycles. The zero-order valence-corrected chi connectivity index (χ0v) is 13.2. The summed E-state index contributed by atoms with van der Waals surface area (Å²) in [5, 5.41) is 15.0. The third-order valence-corrected chi connectivity index (χ3v) is 4.10. The van der Waals surface area contributed by atoms with Crippen molar-refractivity contribution in [3.63, 3.8) is 0 Å². The molecule has 0 spiro atoms. The van der Waals surface area contributed by atoms with Crippen LogP contribution in [0.5, 0.6) is 5.75 Å². The van der Waals surface area contributed by atoms with E-state index in [4.69, 9.17) is 0 Å². The van der Waals surface area contributed by atoms with Crippen molar-refractivity contribution in [3.05, 3.63) is 52.9 Å². The fourth-order valence-electron chi connectivity index (χ4n) is 2.51. The number of halogens is 1. The number of fused-ring (bicyclic) bond motifs is 3. The number of pyridine rings is 1. The zero-order chi connectivity index (χ0) is 15.3. The van der Waals surface area contributed by atoms with Crippen LogP contribution in [0.2, 0.25) is 0 Å². The minimum Gasteiger partial charge on any atom is -0.508 e. The highest BCUT2D eigenvalue weighted by molar-refractivity contribution is 9.10. The van der Waals surface area contributed by atoms with Crippen molar-refractivity contribution < 1.29 is 5.11 Å². The van der Waals surface area contributed by atoms with Crippen LogP contribution >= 0.6 is 15.9 Å². The molecular weight excluding hydrogens is 344 g/mol. The molecule has 0 amide bonds. The summed E-state index contributed by atoms with van der Waals surface area (Å²) in [4.78, 5) is 9.03. The molecule has 0 fully saturated rings. The Balaban J connectivity index is 2.02. The van der Waals surface area contributed by atoms with Crippen LogP contribution in [-0.4, -0.2) is 24.7 Å². The smallest absolute Gasteiger partial charge is 0.165 e. The molecule has 5 nitrogen and oxygen atoms in total. The lowest BCUT2D eigenvalue weighted by molar-refractivity contribution is 0.475. The van der Waals surface area contributed by atoms with Gasteiger partial charge in [-0.3, -0.25) is 0 Å². The SMILES string of the molecule is Cc1cc2ncc3cc(-c4cccc(O)c4)c(Br)nc3n2n1. The molecule has 4 aromatic rings. The summed E-state index contributed by atoms with van der Waals surface area (Å²) in [6.45, 7) is 1.93. The Morgan fingerprint density at radius 2 is 2.05 bits per heavy atom. The summed E-state index contributed by atoms with van der Waals surface area (Å²) in [6, 6.07) is 11.0. The minimum atomic E-state index is 0.223. The van der Waals surface area contributed by atoms with Gasteiger partial charge in [0, 0.05) is 23.2 Å². The fraction of sp³-hybridized carbons (Fsp3) is 0.0625. The van der Waals surface area contributed by atoms with Gasteiger partial charge in [-0.2, -0.15) is 9.61 Å². The Morgan fingerprint density at radius 3 is 2.86 bits per heavy atom. The maximum absolute atomic E-state index is 9.66. The number of aryl methyl sites for hydroxylation is 1. The summed E-state index contributed by atoms with van der Waals surface area (Å²) >= 11 is 3.52. The molecule has 108 valence electrons. The molecule has 0 bridgehead atoms. The van der Waals surface area contributed by atoms with Gasteiger partial charge in [0.25, 0.3) is 0 Å². The van der Waals surface area contributed by atoms with E-state index in [9.17, 15) is 5.11 Å². The maximum Gasteiger partial charge on any atom is 0.165 e. The molecule has 0 atom stereocenters. The van der Waals surface area contributed by atoms with E-state index >= 15 is 0 Å². The molecule has 1 N–H and O–H groups in total. The summed E-state index contributed by atoms with van der Waals surface area (Å²) in [6.07, 6.45) is 1.79. The number of phenolic OH excluding ortho intramolecular Hbond substituents is 1. The Kier molecular flexibility index (Phi) is 2.87. The number of phenols is 1. The molecule has 0 saturated carbocycles. The van der Waals surface area contributed by atoms with Crippen LogP contribution in [-0.2, 0) is 0 Å². The molecule has 6 heteroatoms. The number of benzene rings is 1. The first-order valence-corrected chi connectivity index (χ1v) is 7.52. The van der Waals surface area contributed by atoms with Gasteiger partial charge in [-0.1, -0.05) is 12.1 Å². The molecule has 0 aliphatic rings. The highest BCUT2D eigenvalue weighted by Crippen LogP contribution is 2.31. The van der Waals surface area contributed by atoms with Crippen LogP contribution in [0.15, 0.2) is 47.2 Å². The van der Waals surface area contributed by atoms with Crippen molar-refractivity contribution in [1.82, 2.24) is 19.6 Å². The van der Waals surface area contributed by atoms with Gasteiger partial charge in [0.05, 0.1) is 5.69 Å². The normalized spacial score (nSPS) is 11.4. The molecule has 4 rings (SSSR count). The first-order chi connectivity index (χ1) is 10.6. The van der Waals surface area contributed by atoms with Gasteiger partial charge in [-0.25, -0.2) is 9.97 Å². The van der Waals surface area contributed by atoms with Crippen molar-refractivity contribution in [2.75, 3.05) is 0 Å². The summed E-state index contributed by atoms with van der Waals surface area (Å²) in [7, 11) is 0. The van der Waals surface area contributed by atoms with Crippen LogP contribution < -0.4 is 0 Å². The number of hydrogen-bond donors (Lipinski definition) is 1. The molecular formula is C16H11BrN4O. The van der Waals surface area contributed by atoms with Gasteiger partial charge in [0.15, 0.2) is 11.3 Å². The second-order valence-corrected chi connectivity index (χ2v) is 5.85. The Hall–Kier alpha value is -2.47. The van der Waals surface area contributed by atoms with E-state index < -0.39 is 0 Å². The monoisotopic (exact) mass is 354 g/mol. The van der Waals surface area contributed by atoms with Gasteiger partial charge in [-0.05, 0) is 46.6 Å². The molecule has 0 aliphatic heterocycles. The summed E-state index contributed by atoms with van der Waals surface area (Å²) < 4.78 is 2.44. The average Bonchev–Trinajstić information content (AvgIpc) is 2.87. The van der Waals surface area contributed by atoms with E-state index in [-0.39, 0.29) is 5.75 Å². The van der Waals surface area contributed by atoms with Crippen molar-refractivity contribution >= 4 is 32.6 Å². The van der Waals surface area contributed by atoms with Crippen LogP contribution in [0.3, 0.4) is 0 Å². The summed E-state index contributed by atoms with van der Waals surface area (Å²) in [5.74, 6) is 0.223. The average molecular weight is 355 g/mol. The standard InChI is InChI=1S/C16H11BrN4O/c1-9-5-14-18-8-11-7-13(10-3-2-4-12(22)6-10)15(17)19-16(11)21(14)20-9/h2-8,22H,1H3. The molecule has 0 radical (unpaired) electrons. The van der Waals surface area contributed by atoms with Crippen molar-refractivity contribution in [3.8, 4) is 16.9 Å². The van der Waals surface area contributed by atoms with E-state index in [0.717, 1.165) is 33.5 Å². The summed E-state index contributed by atoms with van der Waals surface area (Å²) in [5.41, 5.74) is 4.20. The molecule has 3 aromatic heterocycles. The molecule has 1 aromatic carbocycles. The van der Waals surface area contributed by atoms with E-state index in [1.807, 2.05) is 25.1 Å².